The van der Waals surface area contributed by atoms with Gasteiger partial charge in [-0.2, -0.15) is 0 Å². The molecule has 6 heteroatoms. The summed E-state index contributed by atoms with van der Waals surface area (Å²) in [6, 6.07) is 23.1. The van der Waals surface area contributed by atoms with E-state index in [4.69, 9.17) is 4.98 Å². The second-order valence-electron chi connectivity index (χ2n) is 9.56. The molecule has 0 N–H and O–H groups in total. The van der Waals surface area contributed by atoms with Gasteiger partial charge >= 0.3 is 0 Å². The topological polar surface area (TPSA) is 44.1 Å². The number of nitrogens with zero attached hydrogens (tertiary/aromatic N) is 5. The van der Waals surface area contributed by atoms with Crippen LogP contribution in [0.3, 0.4) is 0 Å². The predicted molar refractivity (Wildman–Crippen MR) is 136 cm³/mol. The first-order valence-electron chi connectivity index (χ1n) is 12.4. The normalized spacial score (nSPS) is 19.7. The van der Waals surface area contributed by atoms with Crippen molar-refractivity contribution in [3.63, 3.8) is 0 Å². The van der Waals surface area contributed by atoms with Crippen LogP contribution < -0.4 is 4.90 Å². The lowest BCUT2D eigenvalue weighted by molar-refractivity contribution is -0.137. The van der Waals surface area contributed by atoms with E-state index in [0.717, 1.165) is 81.0 Å². The van der Waals surface area contributed by atoms with Crippen LogP contribution in [0.4, 0.5) is 5.82 Å². The Morgan fingerprint density at radius 2 is 1.62 bits per heavy atom. The van der Waals surface area contributed by atoms with Crippen molar-refractivity contribution >= 4 is 28.3 Å². The van der Waals surface area contributed by atoms with Gasteiger partial charge in [-0.15, -0.1) is 0 Å². The smallest absolute Gasteiger partial charge is 0.227 e. The maximum absolute atomic E-state index is 13.5. The molecule has 2 aromatic carbocycles. The van der Waals surface area contributed by atoms with Crippen molar-refractivity contribution in [3.05, 3.63) is 78.5 Å². The molecule has 0 saturated carbocycles. The molecule has 1 atom stereocenters. The van der Waals surface area contributed by atoms with Gasteiger partial charge in [0, 0.05) is 52.0 Å². The Morgan fingerprint density at radius 3 is 2.47 bits per heavy atom. The number of carbonyl (C=O) groups is 1. The SMILES string of the molecule is O=C([C@H]1CCCN(c2nc3ccccc3n3cccc23)C1)N1CCN(Cc2ccccc2)CC1. The summed E-state index contributed by atoms with van der Waals surface area (Å²) in [4.78, 5) is 25.4. The van der Waals surface area contributed by atoms with Crippen molar-refractivity contribution in [1.82, 2.24) is 19.2 Å². The van der Waals surface area contributed by atoms with Crippen LogP contribution in [0.25, 0.3) is 16.6 Å². The fraction of sp³-hybridized carbons (Fsp3) is 0.357. The van der Waals surface area contributed by atoms with Crippen LogP contribution in [0.15, 0.2) is 72.9 Å². The number of para-hydroxylation sites is 2. The molecular formula is C28H31N5O. The van der Waals surface area contributed by atoms with Crippen molar-refractivity contribution in [2.75, 3.05) is 44.2 Å². The lowest BCUT2D eigenvalue weighted by atomic mass is 9.96. The monoisotopic (exact) mass is 453 g/mol. The predicted octanol–water partition coefficient (Wildman–Crippen LogP) is 4.05. The van der Waals surface area contributed by atoms with Gasteiger partial charge in [0.1, 0.15) is 0 Å². The second kappa shape index (κ2) is 9.11. The first-order valence-corrected chi connectivity index (χ1v) is 12.4. The van der Waals surface area contributed by atoms with Crippen LogP contribution in [-0.4, -0.2) is 64.4 Å². The van der Waals surface area contributed by atoms with E-state index in [-0.39, 0.29) is 5.92 Å². The van der Waals surface area contributed by atoms with Crippen LogP contribution >= 0.6 is 0 Å². The second-order valence-corrected chi connectivity index (χ2v) is 9.56. The van der Waals surface area contributed by atoms with Gasteiger partial charge in [0.2, 0.25) is 5.91 Å². The van der Waals surface area contributed by atoms with Crippen LogP contribution in [0.2, 0.25) is 0 Å². The molecule has 4 heterocycles. The quantitative estimate of drug-likeness (QED) is 0.468. The lowest BCUT2D eigenvalue weighted by Gasteiger charge is -2.39. The lowest BCUT2D eigenvalue weighted by Crippen LogP contribution is -2.52. The molecule has 6 rings (SSSR count). The number of piperazine rings is 1. The van der Waals surface area contributed by atoms with Crippen LogP contribution in [0.1, 0.15) is 18.4 Å². The summed E-state index contributed by atoms with van der Waals surface area (Å²) in [5.74, 6) is 1.35. The number of piperidine rings is 1. The summed E-state index contributed by atoms with van der Waals surface area (Å²) in [7, 11) is 0. The zero-order chi connectivity index (χ0) is 22.9. The molecule has 2 aliphatic heterocycles. The Balaban J connectivity index is 1.15. The third kappa shape index (κ3) is 4.03. The van der Waals surface area contributed by atoms with Gasteiger partial charge in [-0.25, -0.2) is 4.98 Å². The number of amides is 1. The number of hydrogen-bond acceptors (Lipinski definition) is 4. The van der Waals surface area contributed by atoms with Crippen molar-refractivity contribution in [2.45, 2.75) is 19.4 Å². The molecule has 2 aromatic heterocycles. The van der Waals surface area contributed by atoms with Gasteiger partial charge in [-0.3, -0.25) is 9.69 Å². The average molecular weight is 454 g/mol. The molecular weight excluding hydrogens is 422 g/mol. The molecule has 0 spiro atoms. The Kier molecular flexibility index (Phi) is 5.67. The van der Waals surface area contributed by atoms with Gasteiger partial charge in [0.25, 0.3) is 0 Å². The van der Waals surface area contributed by atoms with E-state index in [9.17, 15) is 4.79 Å². The summed E-state index contributed by atoms with van der Waals surface area (Å²) < 4.78 is 2.22. The molecule has 0 radical (unpaired) electrons. The summed E-state index contributed by atoms with van der Waals surface area (Å²) in [5.41, 5.74) is 4.56. The number of anilines is 1. The minimum atomic E-state index is 0.0395. The zero-order valence-corrected chi connectivity index (χ0v) is 19.5. The van der Waals surface area contributed by atoms with E-state index >= 15 is 0 Å². The van der Waals surface area contributed by atoms with E-state index in [2.05, 4.69) is 86.0 Å². The number of carbonyl (C=O) groups excluding carboxylic acids is 1. The van der Waals surface area contributed by atoms with Gasteiger partial charge < -0.3 is 14.2 Å². The molecule has 6 nitrogen and oxygen atoms in total. The average Bonchev–Trinajstić information content (AvgIpc) is 3.39. The van der Waals surface area contributed by atoms with Crippen LogP contribution in [-0.2, 0) is 11.3 Å². The molecule has 174 valence electrons. The van der Waals surface area contributed by atoms with Gasteiger partial charge in [-0.05, 0) is 42.7 Å². The maximum Gasteiger partial charge on any atom is 0.227 e. The number of aromatic nitrogens is 2. The molecule has 0 bridgehead atoms. The first-order chi connectivity index (χ1) is 16.8. The third-order valence-corrected chi connectivity index (χ3v) is 7.35. The Labute approximate surface area is 200 Å². The highest BCUT2D eigenvalue weighted by atomic mass is 16.2. The fourth-order valence-corrected chi connectivity index (χ4v) is 5.54. The van der Waals surface area contributed by atoms with Gasteiger partial charge in [0.15, 0.2) is 5.82 Å². The zero-order valence-electron chi connectivity index (χ0n) is 19.5. The van der Waals surface area contributed by atoms with Crippen molar-refractivity contribution in [2.24, 2.45) is 5.92 Å². The fourth-order valence-electron chi connectivity index (χ4n) is 5.54. The summed E-state index contributed by atoms with van der Waals surface area (Å²) in [5, 5.41) is 0. The summed E-state index contributed by atoms with van der Waals surface area (Å²) in [6.45, 7) is 6.16. The highest BCUT2D eigenvalue weighted by Gasteiger charge is 2.32. The minimum Gasteiger partial charge on any atom is -0.354 e. The highest BCUT2D eigenvalue weighted by Crippen LogP contribution is 2.29. The number of benzene rings is 2. The van der Waals surface area contributed by atoms with Gasteiger partial charge in [-0.1, -0.05) is 42.5 Å². The van der Waals surface area contributed by atoms with E-state index in [1.807, 2.05) is 6.07 Å². The first kappa shape index (κ1) is 21.2. The molecule has 1 amide bonds. The maximum atomic E-state index is 13.5. The molecule has 2 fully saturated rings. The summed E-state index contributed by atoms with van der Waals surface area (Å²) in [6.07, 6.45) is 4.08. The number of rotatable bonds is 4. The molecule has 0 unspecified atom stereocenters. The summed E-state index contributed by atoms with van der Waals surface area (Å²) >= 11 is 0. The Bertz CT molecular complexity index is 1290. The molecule has 0 aliphatic carbocycles. The Morgan fingerprint density at radius 1 is 0.853 bits per heavy atom. The largest absolute Gasteiger partial charge is 0.354 e. The van der Waals surface area contributed by atoms with E-state index in [1.165, 1.54) is 5.56 Å². The highest BCUT2D eigenvalue weighted by molar-refractivity contribution is 5.86. The minimum absolute atomic E-state index is 0.0395. The van der Waals surface area contributed by atoms with E-state index < -0.39 is 0 Å². The van der Waals surface area contributed by atoms with E-state index in [1.54, 1.807) is 0 Å². The number of fused-ring (bicyclic) bond motifs is 3. The standard InChI is InChI=1S/C28H31N5O/c34-28(31-18-16-30(17-19-31)20-22-8-2-1-3-9-22)23-10-6-14-32(21-23)27-26-13-7-15-33(26)25-12-5-4-11-24(25)29-27/h1-5,7-9,11-13,15,23H,6,10,14,16-21H2/t23-/m0/s1. The number of hydrogen-bond donors (Lipinski definition) is 0. The van der Waals surface area contributed by atoms with Crippen LogP contribution in [0.5, 0.6) is 0 Å². The van der Waals surface area contributed by atoms with E-state index in [0.29, 0.717) is 5.91 Å². The van der Waals surface area contributed by atoms with Crippen LogP contribution in [0, 0.1) is 5.92 Å². The Hall–Kier alpha value is -3.38. The van der Waals surface area contributed by atoms with Crippen molar-refractivity contribution in [3.8, 4) is 0 Å². The third-order valence-electron chi connectivity index (χ3n) is 7.35. The molecule has 34 heavy (non-hydrogen) atoms. The molecule has 4 aromatic rings. The molecule has 2 saturated heterocycles. The van der Waals surface area contributed by atoms with Gasteiger partial charge in [0.05, 0.1) is 22.5 Å². The van der Waals surface area contributed by atoms with Crippen molar-refractivity contribution in [1.29, 1.82) is 0 Å². The molecule has 2 aliphatic rings. The van der Waals surface area contributed by atoms with Crippen molar-refractivity contribution < 1.29 is 4.79 Å².